The standard InChI is InChI=1S/C13H25N3/c1-5-8-16-10-12(9-15-16)13(14-7-3)11(4)6-2/h9-11,13-14H,5-8H2,1-4H3. The highest BCUT2D eigenvalue weighted by Gasteiger charge is 2.18. The van der Waals surface area contributed by atoms with E-state index in [-0.39, 0.29) is 0 Å². The summed E-state index contributed by atoms with van der Waals surface area (Å²) >= 11 is 0. The summed E-state index contributed by atoms with van der Waals surface area (Å²) in [7, 11) is 0. The van der Waals surface area contributed by atoms with Crippen molar-refractivity contribution in [1.82, 2.24) is 15.1 Å². The maximum Gasteiger partial charge on any atom is 0.0537 e. The number of aryl methyl sites for hydroxylation is 1. The third kappa shape index (κ3) is 3.34. The maximum atomic E-state index is 4.40. The lowest BCUT2D eigenvalue weighted by molar-refractivity contribution is 0.383. The second-order valence-corrected chi connectivity index (χ2v) is 4.46. The predicted molar refractivity (Wildman–Crippen MR) is 68.4 cm³/mol. The van der Waals surface area contributed by atoms with Gasteiger partial charge in [0.05, 0.1) is 6.20 Å². The number of hydrogen-bond donors (Lipinski definition) is 1. The minimum absolute atomic E-state index is 0.445. The van der Waals surface area contributed by atoms with Gasteiger partial charge in [-0.05, 0) is 18.9 Å². The van der Waals surface area contributed by atoms with Crippen LogP contribution in [-0.4, -0.2) is 16.3 Å². The fraction of sp³-hybridized carbons (Fsp3) is 0.769. The first-order valence-electron chi connectivity index (χ1n) is 6.48. The molecule has 3 nitrogen and oxygen atoms in total. The molecular formula is C13H25N3. The van der Waals surface area contributed by atoms with Gasteiger partial charge in [-0.2, -0.15) is 5.10 Å². The number of hydrogen-bond acceptors (Lipinski definition) is 2. The lowest BCUT2D eigenvalue weighted by Gasteiger charge is -2.22. The van der Waals surface area contributed by atoms with Crippen molar-refractivity contribution in [1.29, 1.82) is 0 Å². The van der Waals surface area contributed by atoms with Gasteiger partial charge in [0, 0.05) is 24.3 Å². The summed E-state index contributed by atoms with van der Waals surface area (Å²) in [5.41, 5.74) is 1.32. The second-order valence-electron chi connectivity index (χ2n) is 4.46. The average molecular weight is 223 g/mol. The number of aromatic nitrogens is 2. The van der Waals surface area contributed by atoms with E-state index >= 15 is 0 Å². The van der Waals surface area contributed by atoms with Gasteiger partial charge >= 0.3 is 0 Å². The molecule has 0 amide bonds. The molecule has 0 aliphatic rings. The Labute approximate surface area is 99.2 Å². The first-order chi connectivity index (χ1) is 7.72. The smallest absolute Gasteiger partial charge is 0.0537 e. The zero-order valence-corrected chi connectivity index (χ0v) is 11.0. The third-order valence-electron chi connectivity index (χ3n) is 3.10. The zero-order chi connectivity index (χ0) is 12.0. The molecule has 2 atom stereocenters. The second kappa shape index (κ2) is 6.69. The zero-order valence-electron chi connectivity index (χ0n) is 11.0. The minimum Gasteiger partial charge on any atom is -0.310 e. The van der Waals surface area contributed by atoms with Gasteiger partial charge in [-0.25, -0.2) is 0 Å². The Kier molecular flexibility index (Phi) is 5.53. The van der Waals surface area contributed by atoms with E-state index in [1.165, 1.54) is 12.0 Å². The van der Waals surface area contributed by atoms with Crippen molar-refractivity contribution in [3.63, 3.8) is 0 Å². The van der Waals surface area contributed by atoms with Crippen molar-refractivity contribution >= 4 is 0 Å². The predicted octanol–water partition coefficient (Wildman–Crippen LogP) is 2.99. The molecule has 1 N–H and O–H groups in total. The largest absolute Gasteiger partial charge is 0.310 e. The molecule has 1 aromatic heterocycles. The van der Waals surface area contributed by atoms with Gasteiger partial charge in [0.15, 0.2) is 0 Å². The summed E-state index contributed by atoms with van der Waals surface area (Å²) in [6, 6.07) is 0.445. The number of rotatable bonds is 7. The monoisotopic (exact) mass is 223 g/mol. The van der Waals surface area contributed by atoms with Gasteiger partial charge < -0.3 is 5.32 Å². The molecule has 0 fully saturated rings. The maximum absolute atomic E-state index is 4.40. The molecule has 0 radical (unpaired) electrons. The Balaban J connectivity index is 2.75. The van der Waals surface area contributed by atoms with Gasteiger partial charge in [-0.1, -0.05) is 34.1 Å². The van der Waals surface area contributed by atoms with Gasteiger partial charge in [0.25, 0.3) is 0 Å². The molecule has 16 heavy (non-hydrogen) atoms. The van der Waals surface area contributed by atoms with E-state index in [9.17, 15) is 0 Å². The molecule has 1 heterocycles. The summed E-state index contributed by atoms with van der Waals surface area (Å²) in [6.07, 6.45) is 6.52. The van der Waals surface area contributed by atoms with E-state index in [1.54, 1.807) is 0 Å². The molecule has 2 unspecified atom stereocenters. The summed E-state index contributed by atoms with van der Waals surface area (Å²) < 4.78 is 2.04. The quantitative estimate of drug-likeness (QED) is 0.770. The lowest BCUT2D eigenvalue weighted by atomic mass is 9.94. The van der Waals surface area contributed by atoms with Crippen molar-refractivity contribution in [2.24, 2.45) is 5.92 Å². The first kappa shape index (κ1) is 13.2. The first-order valence-corrected chi connectivity index (χ1v) is 6.48. The van der Waals surface area contributed by atoms with Crippen LogP contribution in [0.3, 0.4) is 0 Å². The molecule has 0 bridgehead atoms. The topological polar surface area (TPSA) is 29.9 Å². The minimum atomic E-state index is 0.445. The molecule has 0 spiro atoms. The van der Waals surface area contributed by atoms with E-state index < -0.39 is 0 Å². The van der Waals surface area contributed by atoms with E-state index in [2.05, 4.69) is 44.3 Å². The van der Waals surface area contributed by atoms with Crippen LogP contribution in [0.2, 0.25) is 0 Å². The van der Waals surface area contributed by atoms with Crippen LogP contribution in [0, 0.1) is 5.92 Å². The summed E-state index contributed by atoms with van der Waals surface area (Å²) in [5.74, 6) is 0.652. The fourth-order valence-electron chi connectivity index (χ4n) is 1.99. The number of nitrogens with zero attached hydrogens (tertiary/aromatic N) is 2. The van der Waals surface area contributed by atoms with Crippen molar-refractivity contribution in [2.75, 3.05) is 6.54 Å². The Morgan fingerprint density at radius 2 is 2.12 bits per heavy atom. The fourth-order valence-corrected chi connectivity index (χ4v) is 1.99. The van der Waals surface area contributed by atoms with E-state index in [0.717, 1.165) is 19.5 Å². The van der Waals surface area contributed by atoms with Gasteiger partial charge in [0.1, 0.15) is 0 Å². The molecule has 3 heteroatoms. The highest BCUT2D eigenvalue weighted by atomic mass is 15.3. The van der Waals surface area contributed by atoms with Crippen molar-refractivity contribution in [2.45, 2.75) is 53.1 Å². The van der Waals surface area contributed by atoms with Crippen LogP contribution in [0.5, 0.6) is 0 Å². The van der Waals surface area contributed by atoms with Crippen LogP contribution in [0.15, 0.2) is 12.4 Å². The highest BCUT2D eigenvalue weighted by Crippen LogP contribution is 2.23. The van der Waals surface area contributed by atoms with Gasteiger partial charge in [-0.3, -0.25) is 4.68 Å². The summed E-state index contributed by atoms with van der Waals surface area (Å²) in [5, 5.41) is 7.95. The highest BCUT2D eigenvalue weighted by molar-refractivity contribution is 5.11. The lowest BCUT2D eigenvalue weighted by Crippen LogP contribution is -2.26. The van der Waals surface area contributed by atoms with Crippen molar-refractivity contribution in [3.8, 4) is 0 Å². The molecule has 0 saturated heterocycles. The van der Waals surface area contributed by atoms with Crippen LogP contribution in [0.4, 0.5) is 0 Å². The molecule has 1 rings (SSSR count). The van der Waals surface area contributed by atoms with Crippen molar-refractivity contribution < 1.29 is 0 Å². The molecule has 0 aromatic carbocycles. The molecule has 1 aromatic rings. The number of nitrogens with one attached hydrogen (secondary N) is 1. The Hall–Kier alpha value is -0.830. The van der Waals surface area contributed by atoms with Crippen LogP contribution in [-0.2, 0) is 6.54 Å². The van der Waals surface area contributed by atoms with Crippen LogP contribution < -0.4 is 5.32 Å². The van der Waals surface area contributed by atoms with Gasteiger partial charge in [0.2, 0.25) is 0 Å². The van der Waals surface area contributed by atoms with Crippen LogP contribution in [0.25, 0.3) is 0 Å². The normalized spacial score (nSPS) is 15.0. The van der Waals surface area contributed by atoms with Crippen LogP contribution >= 0.6 is 0 Å². The van der Waals surface area contributed by atoms with Crippen molar-refractivity contribution in [3.05, 3.63) is 18.0 Å². The Morgan fingerprint density at radius 1 is 1.38 bits per heavy atom. The molecule has 0 saturated carbocycles. The van der Waals surface area contributed by atoms with Gasteiger partial charge in [-0.15, -0.1) is 0 Å². The molecular weight excluding hydrogens is 198 g/mol. The third-order valence-corrected chi connectivity index (χ3v) is 3.10. The Morgan fingerprint density at radius 3 is 2.69 bits per heavy atom. The van der Waals surface area contributed by atoms with E-state index in [4.69, 9.17) is 0 Å². The SMILES string of the molecule is CCCn1cc(C(NCC)C(C)CC)cn1. The Bertz CT molecular complexity index is 293. The van der Waals surface area contributed by atoms with Crippen LogP contribution in [0.1, 0.15) is 52.1 Å². The molecule has 0 aliphatic carbocycles. The van der Waals surface area contributed by atoms with E-state index in [1.807, 2.05) is 10.9 Å². The average Bonchev–Trinajstić information content (AvgIpc) is 2.74. The van der Waals surface area contributed by atoms with E-state index in [0.29, 0.717) is 12.0 Å². The molecule has 0 aliphatic heterocycles. The summed E-state index contributed by atoms with van der Waals surface area (Å²) in [6.45, 7) is 10.9. The summed E-state index contributed by atoms with van der Waals surface area (Å²) in [4.78, 5) is 0. The molecule has 92 valence electrons.